The van der Waals surface area contributed by atoms with Crippen LogP contribution >= 0.6 is 22.9 Å². The number of aromatic nitrogens is 1. The van der Waals surface area contributed by atoms with E-state index in [4.69, 9.17) is 16.3 Å². The number of thiazole rings is 1. The number of amides is 3. The third kappa shape index (κ3) is 12.5. The smallest absolute Gasteiger partial charge is 0.251 e. The molecule has 2 fully saturated rings. The van der Waals surface area contributed by atoms with Crippen LogP contribution in [0.2, 0.25) is 5.02 Å². The van der Waals surface area contributed by atoms with Gasteiger partial charge < -0.3 is 25.4 Å². The highest BCUT2D eigenvalue weighted by Gasteiger charge is 2.63. The van der Waals surface area contributed by atoms with Crippen molar-refractivity contribution in [2.75, 3.05) is 13.1 Å². The number of carbonyl (C=O) groups is 6. The molecule has 2 aliphatic rings. The molecule has 1 saturated carbocycles. The highest BCUT2D eigenvalue weighted by Crippen LogP contribution is 2.61. The molecule has 3 aromatic carbocycles. The zero-order valence-electron chi connectivity index (χ0n) is 40.8. The summed E-state index contributed by atoms with van der Waals surface area (Å²) in [5.41, 5.74) is 4.64. The number of Topliss-reactive ketones (excluding diaryl/α,β-unsaturated/α-hetero) is 3. The molecule has 0 spiro atoms. The van der Waals surface area contributed by atoms with Crippen molar-refractivity contribution in [3.05, 3.63) is 105 Å². The summed E-state index contributed by atoms with van der Waals surface area (Å²) >= 11 is 7.81. The minimum Gasteiger partial charge on any atom is -0.489 e. The normalized spacial score (nSPS) is 19.7. The molecule has 3 atom stereocenters. The topological polar surface area (TPSA) is 196 Å². The second kappa shape index (κ2) is 21.9. The number of aryl methyl sites for hydroxylation is 2. The lowest BCUT2D eigenvalue weighted by atomic mass is 9.44. The van der Waals surface area contributed by atoms with Crippen molar-refractivity contribution in [1.29, 1.82) is 5.26 Å². The number of hydrogen-bond acceptors (Lipinski definition) is 11. The van der Waals surface area contributed by atoms with E-state index in [0.717, 1.165) is 21.7 Å². The number of carbonyl (C=O) groups excluding carboxylic acids is 6. The van der Waals surface area contributed by atoms with Crippen LogP contribution in [0.25, 0.3) is 10.4 Å². The molecule has 69 heavy (non-hydrogen) atoms. The zero-order valence-corrected chi connectivity index (χ0v) is 42.4. The predicted octanol–water partition coefficient (Wildman–Crippen LogP) is 8.90. The van der Waals surface area contributed by atoms with Gasteiger partial charge in [-0.05, 0) is 66.5 Å². The molecule has 1 aromatic heterocycles. The number of aliphatic hydroxyl groups is 1. The number of aliphatic hydroxyl groups excluding tert-OH is 1. The van der Waals surface area contributed by atoms with E-state index in [0.29, 0.717) is 46.7 Å². The summed E-state index contributed by atoms with van der Waals surface area (Å²) in [7, 11) is 0. The van der Waals surface area contributed by atoms with Gasteiger partial charge in [-0.15, -0.1) is 11.3 Å². The van der Waals surface area contributed by atoms with E-state index in [1.807, 2.05) is 63.5 Å². The van der Waals surface area contributed by atoms with Crippen LogP contribution in [-0.2, 0) is 25.6 Å². The molecule has 366 valence electrons. The van der Waals surface area contributed by atoms with E-state index < -0.39 is 35.4 Å². The Morgan fingerprint density at radius 3 is 2.22 bits per heavy atom. The molecule has 0 bridgehead atoms. The van der Waals surface area contributed by atoms with E-state index in [-0.39, 0.29) is 91.3 Å². The first-order chi connectivity index (χ1) is 32.5. The number of nitrogens with one attached hydrogen (secondary N) is 2. The van der Waals surface area contributed by atoms with E-state index in [2.05, 4.69) is 43.3 Å². The Hall–Kier alpha value is -5.75. The van der Waals surface area contributed by atoms with Crippen LogP contribution in [0, 0.1) is 40.4 Å². The molecular weight excluding hydrogens is 914 g/mol. The number of nitrogens with zero attached hydrogens (tertiary/aromatic N) is 3. The molecule has 3 N–H and O–H groups in total. The van der Waals surface area contributed by atoms with Crippen LogP contribution in [0.5, 0.6) is 5.75 Å². The maximum absolute atomic E-state index is 14.0. The van der Waals surface area contributed by atoms with Gasteiger partial charge in [-0.1, -0.05) is 96.5 Å². The summed E-state index contributed by atoms with van der Waals surface area (Å²) in [6.07, 6.45) is 0.308. The first-order valence-corrected chi connectivity index (χ1v) is 24.9. The Kier molecular flexibility index (Phi) is 16.7. The Bertz CT molecular complexity index is 2580. The molecule has 4 aromatic rings. The van der Waals surface area contributed by atoms with Crippen molar-refractivity contribution in [3.63, 3.8) is 0 Å². The number of hydrogen-bond donors (Lipinski definition) is 3. The lowest BCUT2D eigenvalue weighted by molar-refractivity contribution is -0.196. The van der Waals surface area contributed by atoms with Gasteiger partial charge in [-0.25, -0.2) is 4.98 Å². The highest BCUT2D eigenvalue weighted by molar-refractivity contribution is 7.13. The van der Waals surface area contributed by atoms with Gasteiger partial charge in [0.2, 0.25) is 11.8 Å². The maximum Gasteiger partial charge on any atom is 0.251 e. The van der Waals surface area contributed by atoms with Crippen LogP contribution in [0.4, 0.5) is 0 Å². The third-order valence-electron chi connectivity index (χ3n) is 13.8. The average Bonchev–Trinajstić information content (AvgIpc) is 3.93. The third-order valence-corrected chi connectivity index (χ3v) is 15.1. The van der Waals surface area contributed by atoms with E-state index >= 15 is 0 Å². The lowest BCUT2D eigenvalue weighted by Crippen LogP contribution is -2.66. The molecular formula is C54H64ClN5O8S. The minimum atomic E-state index is -0.997. The quantitative estimate of drug-likeness (QED) is 0.0568. The van der Waals surface area contributed by atoms with Crippen LogP contribution in [0.3, 0.4) is 0 Å². The first kappa shape index (κ1) is 52.6. The molecule has 13 nitrogen and oxygen atoms in total. The Balaban J connectivity index is 0.912. The van der Waals surface area contributed by atoms with Gasteiger partial charge in [0.05, 0.1) is 38.8 Å². The fourth-order valence-corrected chi connectivity index (χ4v) is 11.2. The van der Waals surface area contributed by atoms with Gasteiger partial charge >= 0.3 is 0 Å². The second-order valence-corrected chi connectivity index (χ2v) is 22.0. The molecule has 0 unspecified atom stereocenters. The molecule has 0 radical (unpaired) electrons. The Labute approximate surface area is 414 Å². The summed E-state index contributed by atoms with van der Waals surface area (Å²) in [5.74, 6) is -1.06. The number of benzene rings is 3. The van der Waals surface area contributed by atoms with Crippen molar-refractivity contribution >= 4 is 58.0 Å². The van der Waals surface area contributed by atoms with E-state index in [1.54, 1.807) is 53.8 Å². The number of β-amino-alcohol motifs (C(OH)–C–C–N with tert-alkyl or cyclic N) is 1. The van der Waals surface area contributed by atoms with Crippen LogP contribution in [-0.4, -0.2) is 87.4 Å². The molecule has 15 heteroatoms. The fourth-order valence-electron chi connectivity index (χ4n) is 10.1. The van der Waals surface area contributed by atoms with Gasteiger partial charge in [0.15, 0.2) is 11.6 Å². The zero-order chi connectivity index (χ0) is 50.4. The summed E-state index contributed by atoms with van der Waals surface area (Å²) < 4.78 is 6.36. The van der Waals surface area contributed by atoms with Crippen LogP contribution in [0.1, 0.15) is 131 Å². The number of likely N-dealkylation sites (tertiary alicyclic amines) is 1. The molecule has 6 rings (SSSR count). The van der Waals surface area contributed by atoms with Gasteiger partial charge in [-0.2, -0.15) is 5.26 Å². The number of ketones is 3. The lowest BCUT2D eigenvalue weighted by Gasteiger charge is -2.63. The SMILES string of the molecule is Cc1ncsc1-c1ccc(CCC(=O)[C@@H]2C[C@@H](O)CN2C(=O)[C@@H](NC(=O)CCC(=O)CCCNC(=O)c2ccc(C(=O)CC3C(C)(C)C(Oc4ccc(C#N)c(Cl)c4)C3(C)C)cc2)C(C)(C)C)cc1. The van der Waals surface area contributed by atoms with Crippen molar-refractivity contribution in [2.45, 2.75) is 131 Å². The summed E-state index contributed by atoms with van der Waals surface area (Å²) in [4.78, 5) is 86.9. The first-order valence-electron chi connectivity index (χ1n) is 23.6. The highest BCUT2D eigenvalue weighted by atomic mass is 35.5. The van der Waals surface area contributed by atoms with E-state index in [1.165, 1.54) is 4.90 Å². The minimum absolute atomic E-state index is 0.00848. The summed E-state index contributed by atoms with van der Waals surface area (Å²) in [6, 6.07) is 19.7. The number of ether oxygens (including phenoxy) is 1. The average molecular weight is 979 g/mol. The van der Waals surface area contributed by atoms with Gasteiger partial charge in [-0.3, -0.25) is 28.8 Å². The van der Waals surface area contributed by atoms with Crippen LogP contribution < -0.4 is 15.4 Å². The predicted molar refractivity (Wildman–Crippen MR) is 266 cm³/mol. The second-order valence-electron chi connectivity index (χ2n) is 20.7. The van der Waals surface area contributed by atoms with Crippen molar-refractivity contribution in [1.82, 2.24) is 20.5 Å². The molecule has 1 aliphatic carbocycles. The van der Waals surface area contributed by atoms with E-state index in [9.17, 15) is 39.1 Å². The fraction of sp³-hybridized carbons (Fsp3) is 0.481. The Morgan fingerprint density at radius 2 is 1.61 bits per heavy atom. The molecule has 2 heterocycles. The number of nitriles is 1. The maximum atomic E-state index is 14.0. The summed E-state index contributed by atoms with van der Waals surface area (Å²) in [6.45, 7) is 15.9. The monoisotopic (exact) mass is 977 g/mol. The van der Waals surface area contributed by atoms with Crippen molar-refractivity contribution < 1.29 is 38.6 Å². The van der Waals surface area contributed by atoms with Gasteiger partial charge in [0.25, 0.3) is 5.91 Å². The van der Waals surface area contributed by atoms with Crippen LogP contribution in [0.15, 0.2) is 72.2 Å². The standard InChI is InChI=1S/C54H64ClN5O8S/c1-32-47(69-31-58-32)35-14-11-33(12-15-35)13-23-43(63)42-26-39(62)30-60(42)50(67)48(52(2,3)4)59-46(65)24-21-38(61)10-9-25-57-49(66)36-18-16-34(17-19-36)44(64)28-45-53(5,6)51(54(45,7)8)68-40-22-20-37(29-56)41(55)27-40/h11-12,14-20,22,27,31,39,42,45,48,51,62H,9-10,13,21,23-26,28,30H2,1-8H3,(H,57,66)(H,59,65)/t39-,42+,45?,48-,51?/m1/s1. The number of rotatable bonds is 20. The summed E-state index contributed by atoms with van der Waals surface area (Å²) in [5, 5.41) is 25.8. The largest absolute Gasteiger partial charge is 0.489 e. The van der Waals surface area contributed by atoms with Gasteiger partial charge in [0.1, 0.15) is 29.7 Å². The molecule has 1 aliphatic heterocycles. The molecule has 1 saturated heterocycles. The van der Waals surface area contributed by atoms with Gasteiger partial charge in [0, 0.05) is 79.6 Å². The van der Waals surface area contributed by atoms with Crippen molar-refractivity contribution in [2.24, 2.45) is 22.2 Å². The number of halogens is 1. The Morgan fingerprint density at radius 1 is 0.942 bits per heavy atom. The van der Waals surface area contributed by atoms with Crippen molar-refractivity contribution in [3.8, 4) is 22.3 Å². The molecule has 3 amide bonds.